The van der Waals surface area contributed by atoms with Crippen LogP contribution >= 0.6 is 23.4 Å². The molecule has 0 fully saturated rings. The molecule has 3 aromatic rings. The molecule has 1 N–H and O–H groups in total. The van der Waals surface area contributed by atoms with Crippen molar-refractivity contribution in [2.45, 2.75) is 25.5 Å². The lowest BCUT2D eigenvalue weighted by atomic mass is 10.2. The van der Waals surface area contributed by atoms with Gasteiger partial charge in [0.15, 0.2) is 5.16 Å². The molecule has 1 aromatic heterocycles. The first-order valence-corrected chi connectivity index (χ1v) is 10.4. The van der Waals surface area contributed by atoms with Gasteiger partial charge in [0.25, 0.3) is 5.56 Å². The minimum Gasteiger partial charge on any atom is -0.355 e. The molecule has 7 heteroatoms. The van der Waals surface area contributed by atoms with Gasteiger partial charge in [-0.1, -0.05) is 67.5 Å². The largest absolute Gasteiger partial charge is 0.355 e. The number of carbonyl (C=O) groups is 1. The van der Waals surface area contributed by atoms with Gasteiger partial charge in [-0.3, -0.25) is 14.2 Å². The van der Waals surface area contributed by atoms with Gasteiger partial charge in [0, 0.05) is 11.6 Å². The molecular formula is C21H22ClN3O2S. The SMILES string of the molecule is CC(C)CNC(=O)CSc1nc2ccccc2c(=O)n1Cc1ccccc1Cl. The quantitative estimate of drug-likeness (QED) is 0.468. The lowest BCUT2D eigenvalue weighted by Gasteiger charge is -2.14. The van der Waals surface area contributed by atoms with Crippen molar-refractivity contribution in [1.82, 2.24) is 14.9 Å². The van der Waals surface area contributed by atoms with Crippen molar-refractivity contribution >= 4 is 40.2 Å². The maximum absolute atomic E-state index is 13.1. The summed E-state index contributed by atoms with van der Waals surface area (Å²) >= 11 is 7.55. The van der Waals surface area contributed by atoms with Crippen LogP contribution in [-0.2, 0) is 11.3 Å². The molecule has 0 bridgehead atoms. The third-order valence-corrected chi connectivity index (χ3v) is 5.50. The van der Waals surface area contributed by atoms with E-state index < -0.39 is 0 Å². The lowest BCUT2D eigenvalue weighted by molar-refractivity contribution is -0.118. The first-order valence-electron chi connectivity index (χ1n) is 9.08. The highest BCUT2D eigenvalue weighted by molar-refractivity contribution is 7.99. The molecule has 1 heterocycles. The van der Waals surface area contributed by atoms with E-state index in [0.717, 1.165) is 5.56 Å². The highest BCUT2D eigenvalue weighted by Gasteiger charge is 2.14. The van der Waals surface area contributed by atoms with E-state index in [1.807, 2.05) is 44.2 Å². The number of thioether (sulfide) groups is 1. The van der Waals surface area contributed by atoms with Crippen molar-refractivity contribution in [3.8, 4) is 0 Å². The van der Waals surface area contributed by atoms with Crippen LogP contribution in [0.5, 0.6) is 0 Å². The maximum Gasteiger partial charge on any atom is 0.262 e. The molecule has 0 atom stereocenters. The van der Waals surface area contributed by atoms with Gasteiger partial charge >= 0.3 is 0 Å². The predicted molar refractivity (Wildman–Crippen MR) is 115 cm³/mol. The Hall–Kier alpha value is -2.31. The monoisotopic (exact) mass is 415 g/mol. The Morgan fingerprint density at radius 3 is 2.64 bits per heavy atom. The first kappa shape index (κ1) is 20.4. The van der Waals surface area contributed by atoms with Gasteiger partial charge < -0.3 is 5.32 Å². The van der Waals surface area contributed by atoms with Crippen LogP contribution in [0.4, 0.5) is 0 Å². The summed E-state index contributed by atoms with van der Waals surface area (Å²) in [5.41, 5.74) is 1.30. The molecule has 0 radical (unpaired) electrons. The van der Waals surface area contributed by atoms with E-state index in [4.69, 9.17) is 11.6 Å². The molecule has 28 heavy (non-hydrogen) atoms. The van der Waals surface area contributed by atoms with Crippen LogP contribution in [0.25, 0.3) is 10.9 Å². The number of nitrogens with one attached hydrogen (secondary N) is 1. The second kappa shape index (κ2) is 9.26. The van der Waals surface area contributed by atoms with Crippen LogP contribution in [-0.4, -0.2) is 27.8 Å². The normalized spacial score (nSPS) is 11.1. The number of aromatic nitrogens is 2. The molecule has 0 saturated heterocycles. The number of carbonyl (C=O) groups excluding carboxylic acids is 1. The fourth-order valence-corrected chi connectivity index (χ4v) is 3.72. The summed E-state index contributed by atoms with van der Waals surface area (Å²) in [7, 11) is 0. The fourth-order valence-electron chi connectivity index (χ4n) is 2.69. The van der Waals surface area contributed by atoms with Gasteiger partial charge in [0.05, 0.1) is 23.2 Å². The molecule has 0 unspecified atom stereocenters. The Morgan fingerprint density at radius 1 is 1.18 bits per heavy atom. The van der Waals surface area contributed by atoms with Crippen molar-refractivity contribution < 1.29 is 4.79 Å². The van der Waals surface area contributed by atoms with Crippen LogP contribution in [0.2, 0.25) is 5.02 Å². The van der Waals surface area contributed by atoms with Gasteiger partial charge in [-0.15, -0.1) is 0 Å². The first-order chi connectivity index (χ1) is 13.5. The molecule has 5 nitrogen and oxygen atoms in total. The maximum atomic E-state index is 13.1. The van der Waals surface area contributed by atoms with Crippen molar-refractivity contribution in [3.63, 3.8) is 0 Å². The average molecular weight is 416 g/mol. The summed E-state index contributed by atoms with van der Waals surface area (Å²) in [6.45, 7) is 5.00. The van der Waals surface area contributed by atoms with Crippen molar-refractivity contribution in [1.29, 1.82) is 0 Å². The van der Waals surface area contributed by atoms with Gasteiger partial charge in [-0.25, -0.2) is 4.98 Å². The molecule has 0 aliphatic carbocycles. The Kier molecular flexibility index (Phi) is 6.75. The van der Waals surface area contributed by atoms with E-state index in [1.54, 1.807) is 22.8 Å². The highest BCUT2D eigenvalue weighted by atomic mass is 35.5. The molecule has 146 valence electrons. The second-order valence-electron chi connectivity index (χ2n) is 6.88. The van der Waals surface area contributed by atoms with Crippen molar-refractivity contribution in [2.24, 2.45) is 5.92 Å². The van der Waals surface area contributed by atoms with E-state index in [1.165, 1.54) is 11.8 Å². The Bertz CT molecular complexity index is 1050. The van der Waals surface area contributed by atoms with E-state index in [2.05, 4.69) is 10.3 Å². The molecule has 0 saturated carbocycles. The number of nitrogens with zero attached hydrogens (tertiary/aromatic N) is 2. The third-order valence-electron chi connectivity index (χ3n) is 4.15. The number of amides is 1. The van der Waals surface area contributed by atoms with Gasteiger partial charge in [0.2, 0.25) is 5.91 Å². The van der Waals surface area contributed by atoms with Crippen LogP contribution in [0.15, 0.2) is 58.5 Å². The van der Waals surface area contributed by atoms with Crippen LogP contribution < -0.4 is 10.9 Å². The number of halogens is 1. The summed E-state index contributed by atoms with van der Waals surface area (Å²) in [5.74, 6) is 0.497. The third kappa shape index (κ3) is 4.94. The fraction of sp³-hybridized carbons (Fsp3) is 0.286. The summed E-state index contributed by atoms with van der Waals surface area (Å²) in [6.07, 6.45) is 0. The molecule has 0 spiro atoms. The Balaban J connectivity index is 1.94. The van der Waals surface area contributed by atoms with Gasteiger partial charge in [-0.05, 0) is 29.7 Å². The van der Waals surface area contributed by atoms with Crippen LogP contribution in [0.3, 0.4) is 0 Å². The lowest BCUT2D eigenvalue weighted by Crippen LogP contribution is -2.29. The second-order valence-corrected chi connectivity index (χ2v) is 8.23. The van der Waals surface area contributed by atoms with Crippen LogP contribution in [0, 0.1) is 5.92 Å². The molecule has 2 aromatic carbocycles. The minimum atomic E-state index is -0.143. The van der Waals surface area contributed by atoms with E-state index in [9.17, 15) is 9.59 Å². The molecule has 3 rings (SSSR count). The number of rotatable bonds is 7. The zero-order chi connectivity index (χ0) is 20.1. The smallest absolute Gasteiger partial charge is 0.262 e. The summed E-state index contributed by atoms with van der Waals surface area (Å²) < 4.78 is 1.59. The zero-order valence-electron chi connectivity index (χ0n) is 15.8. The average Bonchev–Trinajstić information content (AvgIpc) is 2.68. The minimum absolute atomic E-state index is 0.0783. The van der Waals surface area contributed by atoms with Crippen molar-refractivity contribution in [2.75, 3.05) is 12.3 Å². The summed E-state index contributed by atoms with van der Waals surface area (Å²) in [4.78, 5) is 29.8. The van der Waals surface area contributed by atoms with Gasteiger partial charge in [0.1, 0.15) is 0 Å². The molecule has 1 amide bonds. The van der Waals surface area contributed by atoms with Gasteiger partial charge in [-0.2, -0.15) is 0 Å². The number of fused-ring (bicyclic) bond motifs is 1. The Labute approximate surface area is 173 Å². The summed E-state index contributed by atoms with van der Waals surface area (Å²) in [5, 5.41) is 4.52. The Morgan fingerprint density at radius 2 is 1.89 bits per heavy atom. The number of hydrogen-bond donors (Lipinski definition) is 1. The van der Waals surface area contributed by atoms with E-state index in [0.29, 0.717) is 40.1 Å². The summed E-state index contributed by atoms with van der Waals surface area (Å²) in [6, 6.07) is 14.6. The topological polar surface area (TPSA) is 64.0 Å². The van der Waals surface area contributed by atoms with Crippen LogP contribution in [0.1, 0.15) is 19.4 Å². The number of benzene rings is 2. The standard InChI is InChI=1S/C21H22ClN3O2S/c1-14(2)11-23-19(26)13-28-21-24-18-10-6-4-8-16(18)20(27)25(21)12-15-7-3-5-9-17(15)22/h3-10,14H,11-13H2,1-2H3,(H,23,26). The molecular weight excluding hydrogens is 394 g/mol. The highest BCUT2D eigenvalue weighted by Crippen LogP contribution is 2.21. The van der Waals surface area contributed by atoms with E-state index in [-0.39, 0.29) is 17.2 Å². The number of hydrogen-bond acceptors (Lipinski definition) is 4. The molecule has 0 aliphatic heterocycles. The number of para-hydroxylation sites is 1. The van der Waals surface area contributed by atoms with E-state index >= 15 is 0 Å². The zero-order valence-corrected chi connectivity index (χ0v) is 17.4. The molecule has 0 aliphatic rings. The van der Waals surface area contributed by atoms with Crippen molar-refractivity contribution in [3.05, 3.63) is 69.5 Å². The predicted octanol–water partition coefficient (Wildman–Crippen LogP) is 3.96.